The van der Waals surface area contributed by atoms with Crippen LogP contribution in [-0.4, -0.2) is 10.0 Å². The Labute approximate surface area is 44.3 Å². The maximum atomic E-state index is 9.45. The molecule has 0 N–H and O–H groups in total. The molecule has 0 saturated heterocycles. The van der Waals surface area contributed by atoms with E-state index in [1.807, 2.05) is 0 Å². The average molecular weight is 112 g/mol. The van der Waals surface area contributed by atoms with Crippen LogP contribution < -0.4 is 0 Å². The lowest BCUT2D eigenvalue weighted by Gasteiger charge is -1.85. The summed E-state index contributed by atoms with van der Waals surface area (Å²) in [6, 6.07) is 0. The molecular formula is C2N4O2. The van der Waals surface area contributed by atoms with E-state index in [-0.39, 0.29) is 5.01 Å². The summed E-state index contributed by atoms with van der Waals surface area (Å²) in [4.78, 5) is 9.45. The minimum atomic E-state index is -1.11. The standard InChI is InChI=1S/C2N4O2/c3-1-5(2-4)6(7)8. The first-order chi connectivity index (χ1) is 3.72. The van der Waals surface area contributed by atoms with Gasteiger partial charge in [0.1, 0.15) is 0 Å². The molecule has 0 heterocycles. The van der Waals surface area contributed by atoms with Gasteiger partial charge in [0.2, 0.25) is 0 Å². The van der Waals surface area contributed by atoms with Crippen LogP contribution in [0.3, 0.4) is 0 Å². The molecule has 0 aromatic carbocycles. The predicted molar refractivity (Wildman–Crippen MR) is 20.1 cm³/mol. The van der Waals surface area contributed by atoms with Gasteiger partial charge in [-0.15, -0.1) is 0 Å². The van der Waals surface area contributed by atoms with Gasteiger partial charge in [0.25, 0.3) is 12.4 Å². The third kappa shape index (κ3) is 1.11. The second-order valence-corrected chi connectivity index (χ2v) is 0.750. The molecule has 0 aliphatic rings. The van der Waals surface area contributed by atoms with Crippen LogP contribution in [0.4, 0.5) is 0 Å². The number of nitro groups is 1. The summed E-state index contributed by atoms with van der Waals surface area (Å²) in [5.41, 5.74) is 0. The topological polar surface area (TPSA) is 94.0 Å². The maximum Gasteiger partial charge on any atom is 0.264 e. The van der Waals surface area contributed by atoms with E-state index in [4.69, 9.17) is 10.5 Å². The first-order valence-corrected chi connectivity index (χ1v) is 1.46. The van der Waals surface area contributed by atoms with Crippen LogP contribution in [0, 0.1) is 33.0 Å². The fourth-order valence-electron chi connectivity index (χ4n) is 0.0954. The summed E-state index contributed by atoms with van der Waals surface area (Å²) >= 11 is 0. The Kier molecular flexibility index (Phi) is 1.83. The zero-order valence-electron chi connectivity index (χ0n) is 3.61. The van der Waals surface area contributed by atoms with Gasteiger partial charge in [0, 0.05) is 0 Å². The van der Waals surface area contributed by atoms with E-state index in [0.29, 0.717) is 0 Å². The molecule has 0 fully saturated rings. The van der Waals surface area contributed by atoms with E-state index in [1.54, 1.807) is 0 Å². The van der Waals surface area contributed by atoms with Crippen molar-refractivity contribution in [3.05, 3.63) is 10.1 Å². The fraction of sp³-hybridized carbons (Fsp3) is 0. The Balaban J connectivity index is 4.02. The lowest BCUT2D eigenvalue weighted by molar-refractivity contribution is -0.616. The first kappa shape index (κ1) is 6.18. The number of hydrogen-bond acceptors (Lipinski definition) is 4. The molecule has 0 aromatic heterocycles. The van der Waals surface area contributed by atoms with Gasteiger partial charge in [-0.1, -0.05) is 0 Å². The van der Waals surface area contributed by atoms with E-state index in [2.05, 4.69) is 0 Å². The molecule has 0 bridgehead atoms. The van der Waals surface area contributed by atoms with Crippen molar-refractivity contribution < 1.29 is 5.03 Å². The van der Waals surface area contributed by atoms with Crippen molar-refractivity contribution >= 4 is 0 Å². The maximum absolute atomic E-state index is 9.45. The molecule has 40 valence electrons. The Morgan fingerprint density at radius 1 is 1.50 bits per heavy atom. The normalized spacial score (nSPS) is 6.25. The van der Waals surface area contributed by atoms with Crippen LogP contribution >= 0.6 is 0 Å². The zero-order valence-corrected chi connectivity index (χ0v) is 3.61. The van der Waals surface area contributed by atoms with E-state index in [0.717, 1.165) is 12.4 Å². The van der Waals surface area contributed by atoms with Crippen LogP contribution in [0.25, 0.3) is 0 Å². The fourth-order valence-corrected chi connectivity index (χ4v) is 0.0954. The summed E-state index contributed by atoms with van der Waals surface area (Å²) in [7, 11) is 0. The van der Waals surface area contributed by atoms with Crippen molar-refractivity contribution in [2.24, 2.45) is 0 Å². The summed E-state index contributed by atoms with van der Waals surface area (Å²) in [6.07, 6.45) is 2.05. The molecule has 6 heteroatoms. The minimum absolute atomic E-state index is 0.250. The van der Waals surface area contributed by atoms with E-state index in [1.165, 1.54) is 0 Å². The first-order valence-electron chi connectivity index (χ1n) is 1.46. The molecule has 0 spiro atoms. The Hall–Kier alpha value is -1.82. The van der Waals surface area contributed by atoms with Gasteiger partial charge in [-0.05, 0) is 0 Å². The lowest BCUT2D eigenvalue weighted by atomic mass is 11.1. The van der Waals surface area contributed by atoms with Gasteiger partial charge in [-0.2, -0.15) is 10.5 Å². The monoisotopic (exact) mass is 112 g/mol. The highest BCUT2D eigenvalue weighted by Gasteiger charge is 2.08. The summed E-state index contributed by atoms with van der Waals surface area (Å²) in [5, 5.41) is 23.5. The molecule has 0 rings (SSSR count). The van der Waals surface area contributed by atoms with Crippen molar-refractivity contribution in [1.29, 1.82) is 10.5 Å². The van der Waals surface area contributed by atoms with Crippen LogP contribution in [0.15, 0.2) is 0 Å². The second-order valence-electron chi connectivity index (χ2n) is 0.750. The molecule has 8 heavy (non-hydrogen) atoms. The van der Waals surface area contributed by atoms with Gasteiger partial charge in [0.05, 0.1) is 5.01 Å². The highest BCUT2D eigenvalue weighted by Crippen LogP contribution is 1.77. The van der Waals surface area contributed by atoms with Crippen molar-refractivity contribution in [1.82, 2.24) is 5.01 Å². The largest absolute Gasteiger partial charge is 0.264 e. The van der Waals surface area contributed by atoms with E-state index in [9.17, 15) is 10.1 Å². The zero-order chi connectivity index (χ0) is 6.57. The molecule has 0 unspecified atom stereocenters. The SMILES string of the molecule is N#CN(C#N)[N+](=O)[O-]. The number of nitrogens with zero attached hydrogens (tertiary/aromatic N) is 4. The minimum Gasteiger partial charge on any atom is -0.233 e. The van der Waals surface area contributed by atoms with Crippen molar-refractivity contribution in [3.63, 3.8) is 0 Å². The van der Waals surface area contributed by atoms with Gasteiger partial charge < -0.3 is 0 Å². The molecule has 0 saturated carbocycles. The van der Waals surface area contributed by atoms with E-state index < -0.39 is 5.03 Å². The molecule has 0 aromatic rings. The molecule has 0 radical (unpaired) electrons. The van der Waals surface area contributed by atoms with Crippen molar-refractivity contribution in [3.8, 4) is 12.4 Å². The quantitative estimate of drug-likeness (QED) is 0.196. The number of rotatable bonds is 1. The van der Waals surface area contributed by atoms with Crippen LogP contribution in [0.1, 0.15) is 0 Å². The Morgan fingerprint density at radius 3 is 1.88 bits per heavy atom. The molecule has 0 aliphatic heterocycles. The lowest BCUT2D eigenvalue weighted by Crippen LogP contribution is -2.17. The van der Waals surface area contributed by atoms with Crippen LogP contribution in [-0.2, 0) is 0 Å². The van der Waals surface area contributed by atoms with E-state index >= 15 is 0 Å². The third-order valence-electron chi connectivity index (χ3n) is 0.353. The Morgan fingerprint density at radius 2 is 1.88 bits per heavy atom. The average Bonchev–Trinajstić information content (AvgIpc) is 1.69. The highest BCUT2D eigenvalue weighted by molar-refractivity contribution is 4.76. The third-order valence-corrected chi connectivity index (χ3v) is 0.353. The Bertz CT molecular complexity index is 159. The van der Waals surface area contributed by atoms with Gasteiger partial charge in [-0.3, -0.25) is 0 Å². The summed E-state index contributed by atoms with van der Waals surface area (Å²) in [6.45, 7) is 0. The molecule has 6 nitrogen and oxygen atoms in total. The number of nitriles is 2. The molecular weight excluding hydrogens is 112 g/mol. The van der Waals surface area contributed by atoms with Gasteiger partial charge >= 0.3 is 0 Å². The molecule has 0 atom stereocenters. The van der Waals surface area contributed by atoms with Crippen LogP contribution in [0.2, 0.25) is 0 Å². The smallest absolute Gasteiger partial charge is 0.233 e. The number of hydrazine groups is 1. The summed E-state index contributed by atoms with van der Waals surface area (Å²) in [5.74, 6) is 0. The number of hydrogen-bond donors (Lipinski definition) is 0. The molecule has 0 aliphatic carbocycles. The van der Waals surface area contributed by atoms with Crippen LogP contribution in [0.5, 0.6) is 0 Å². The second kappa shape index (κ2) is 2.37. The molecule has 0 amide bonds. The highest BCUT2D eigenvalue weighted by atomic mass is 16.7. The van der Waals surface area contributed by atoms with Gasteiger partial charge in [-0.25, -0.2) is 10.1 Å². The van der Waals surface area contributed by atoms with Crippen molar-refractivity contribution in [2.75, 3.05) is 0 Å². The van der Waals surface area contributed by atoms with Crippen molar-refractivity contribution in [2.45, 2.75) is 0 Å². The summed E-state index contributed by atoms with van der Waals surface area (Å²) < 4.78 is 0. The van der Waals surface area contributed by atoms with Gasteiger partial charge in [0.15, 0.2) is 5.03 Å². The predicted octanol–water partition coefficient (Wildman–Crippen LogP) is -0.558.